The molecule has 2 N–H and O–H groups in total. The molecule has 5 heteroatoms. The third kappa shape index (κ3) is 3.23. The molecule has 1 aromatic rings. The smallest absolute Gasteiger partial charge is 0.272 e. The second-order valence-corrected chi connectivity index (χ2v) is 4.83. The second kappa shape index (κ2) is 6.02. The summed E-state index contributed by atoms with van der Waals surface area (Å²) in [5.74, 6) is 0.642. The van der Waals surface area contributed by atoms with E-state index in [-0.39, 0.29) is 18.1 Å². The largest absolute Gasteiger partial charge is 0.490 e. The molecular formula is C14H21N3O2. The Hall–Kier alpha value is -1.62. The molecule has 1 aliphatic rings. The van der Waals surface area contributed by atoms with Crippen LogP contribution in [0.5, 0.6) is 5.75 Å². The fourth-order valence-corrected chi connectivity index (χ4v) is 2.17. The van der Waals surface area contributed by atoms with Crippen molar-refractivity contribution in [3.8, 4) is 5.75 Å². The van der Waals surface area contributed by atoms with E-state index in [9.17, 15) is 4.79 Å². The first kappa shape index (κ1) is 13.8. The fourth-order valence-electron chi connectivity index (χ4n) is 2.17. The maximum atomic E-state index is 12.2. The van der Waals surface area contributed by atoms with Crippen LogP contribution in [0.4, 0.5) is 0 Å². The number of nitrogens with two attached hydrogens (primary N) is 1. The Morgan fingerprint density at radius 2 is 2.16 bits per heavy atom. The second-order valence-electron chi connectivity index (χ2n) is 4.83. The van der Waals surface area contributed by atoms with Crippen LogP contribution in [-0.4, -0.2) is 41.0 Å². The minimum Gasteiger partial charge on any atom is -0.490 e. The Morgan fingerprint density at radius 3 is 2.74 bits per heavy atom. The molecule has 0 aliphatic heterocycles. The van der Waals surface area contributed by atoms with Crippen molar-refractivity contribution in [1.29, 1.82) is 0 Å². The van der Waals surface area contributed by atoms with E-state index in [0.29, 0.717) is 24.5 Å². The number of aromatic nitrogens is 1. The highest BCUT2D eigenvalue weighted by Crippen LogP contribution is 2.24. The normalized spacial score (nSPS) is 21.6. The maximum absolute atomic E-state index is 12.2. The van der Waals surface area contributed by atoms with E-state index < -0.39 is 0 Å². The Bertz CT molecular complexity index is 440. The summed E-state index contributed by atoms with van der Waals surface area (Å²) in [7, 11) is 0. The number of hydrogen-bond acceptors (Lipinski definition) is 4. The lowest BCUT2D eigenvalue weighted by Gasteiger charge is -2.32. The lowest BCUT2D eigenvalue weighted by atomic mass is 9.90. The van der Waals surface area contributed by atoms with E-state index in [1.54, 1.807) is 23.2 Å². The predicted molar refractivity (Wildman–Crippen MR) is 73.1 cm³/mol. The van der Waals surface area contributed by atoms with Crippen LogP contribution >= 0.6 is 0 Å². The third-order valence-electron chi connectivity index (χ3n) is 3.44. The van der Waals surface area contributed by atoms with E-state index in [4.69, 9.17) is 10.5 Å². The highest BCUT2D eigenvalue weighted by Gasteiger charge is 2.27. The van der Waals surface area contributed by atoms with Gasteiger partial charge in [0.15, 0.2) is 0 Å². The Labute approximate surface area is 113 Å². The molecule has 2 rings (SSSR count). The number of pyridine rings is 1. The number of carbonyl (C=O) groups excluding carboxylic acids is 1. The Kier molecular flexibility index (Phi) is 4.37. The maximum Gasteiger partial charge on any atom is 0.272 e. The van der Waals surface area contributed by atoms with Crippen molar-refractivity contribution in [2.45, 2.75) is 38.8 Å². The molecule has 0 atom stereocenters. The van der Waals surface area contributed by atoms with Crippen LogP contribution in [0, 0.1) is 0 Å². The van der Waals surface area contributed by atoms with Gasteiger partial charge in [0, 0.05) is 31.4 Å². The first-order chi connectivity index (χ1) is 9.13. The molecule has 19 heavy (non-hydrogen) atoms. The summed E-state index contributed by atoms with van der Waals surface area (Å²) in [5, 5.41) is 0. The number of hydrogen-bond donors (Lipinski definition) is 1. The van der Waals surface area contributed by atoms with Gasteiger partial charge in [0.05, 0.1) is 0 Å². The van der Waals surface area contributed by atoms with Crippen molar-refractivity contribution in [3.05, 3.63) is 24.0 Å². The molecule has 1 heterocycles. The summed E-state index contributed by atoms with van der Waals surface area (Å²) in [4.78, 5) is 18.0. The number of rotatable bonds is 5. The van der Waals surface area contributed by atoms with Crippen molar-refractivity contribution in [3.63, 3.8) is 0 Å². The van der Waals surface area contributed by atoms with Crippen molar-refractivity contribution in [1.82, 2.24) is 9.88 Å². The van der Waals surface area contributed by atoms with E-state index in [0.717, 1.165) is 12.8 Å². The average molecular weight is 263 g/mol. The van der Waals surface area contributed by atoms with Crippen molar-refractivity contribution < 1.29 is 9.53 Å². The summed E-state index contributed by atoms with van der Waals surface area (Å²) >= 11 is 0. The first-order valence-electron chi connectivity index (χ1n) is 6.81. The highest BCUT2D eigenvalue weighted by molar-refractivity contribution is 5.92. The van der Waals surface area contributed by atoms with E-state index >= 15 is 0 Å². The van der Waals surface area contributed by atoms with Gasteiger partial charge >= 0.3 is 0 Å². The summed E-state index contributed by atoms with van der Waals surface area (Å²) < 4.78 is 5.77. The third-order valence-corrected chi connectivity index (χ3v) is 3.44. The van der Waals surface area contributed by atoms with Gasteiger partial charge in [-0.25, -0.2) is 0 Å². The van der Waals surface area contributed by atoms with Crippen LogP contribution < -0.4 is 10.5 Å². The lowest BCUT2D eigenvalue weighted by Crippen LogP contribution is -2.43. The molecule has 0 unspecified atom stereocenters. The molecule has 1 saturated carbocycles. The molecule has 0 radical (unpaired) electrons. The van der Waals surface area contributed by atoms with Gasteiger partial charge in [-0.1, -0.05) is 0 Å². The van der Waals surface area contributed by atoms with Gasteiger partial charge in [-0.3, -0.25) is 9.78 Å². The zero-order chi connectivity index (χ0) is 13.8. The lowest BCUT2D eigenvalue weighted by molar-refractivity contribution is 0.0762. The highest BCUT2D eigenvalue weighted by atomic mass is 16.5. The zero-order valence-electron chi connectivity index (χ0n) is 11.5. The SMILES string of the molecule is CCN(CC)C(=O)c1cc(OC2CC(N)C2)ccn1. The van der Waals surface area contributed by atoms with Gasteiger partial charge in [-0.05, 0) is 32.8 Å². The predicted octanol–water partition coefficient (Wildman–Crippen LogP) is 1.43. The van der Waals surface area contributed by atoms with Gasteiger partial charge in [0.2, 0.25) is 0 Å². The molecular weight excluding hydrogens is 242 g/mol. The fraction of sp³-hybridized carbons (Fsp3) is 0.571. The summed E-state index contributed by atoms with van der Waals surface area (Å²) in [6, 6.07) is 3.75. The molecule has 0 aromatic carbocycles. The van der Waals surface area contributed by atoms with Crippen LogP contribution in [-0.2, 0) is 0 Å². The average Bonchev–Trinajstić information content (AvgIpc) is 2.38. The van der Waals surface area contributed by atoms with Gasteiger partial charge in [-0.2, -0.15) is 0 Å². The van der Waals surface area contributed by atoms with Crippen LogP contribution in [0.25, 0.3) is 0 Å². The van der Waals surface area contributed by atoms with Gasteiger partial charge in [-0.15, -0.1) is 0 Å². The van der Waals surface area contributed by atoms with E-state index in [1.165, 1.54) is 0 Å². The molecule has 5 nitrogen and oxygen atoms in total. The molecule has 0 saturated heterocycles. The standard InChI is InChI=1S/C14H21N3O2/c1-3-17(4-2)14(18)13-9-11(5-6-16-13)19-12-7-10(15)8-12/h5-6,9-10,12H,3-4,7-8,15H2,1-2H3. The molecule has 0 bridgehead atoms. The van der Waals surface area contributed by atoms with Gasteiger partial charge < -0.3 is 15.4 Å². The minimum absolute atomic E-state index is 0.0549. The van der Waals surface area contributed by atoms with E-state index in [2.05, 4.69) is 4.98 Å². The Morgan fingerprint density at radius 1 is 1.47 bits per heavy atom. The minimum atomic E-state index is -0.0549. The molecule has 0 spiro atoms. The quantitative estimate of drug-likeness (QED) is 0.872. The summed E-state index contributed by atoms with van der Waals surface area (Å²) in [6.07, 6.45) is 3.54. The van der Waals surface area contributed by atoms with Crippen LogP contribution in [0.15, 0.2) is 18.3 Å². The van der Waals surface area contributed by atoms with Crippen LogP contribution in [0.1, 0.15) is 37.2 Å². The summed E-state index contributed by atoms with van der Waals surface area (Å²) in [6.45, 7) is 5.27. The number of ether oxygens (including phenoxy) is 1. The van der Waals surface area contributed by atoms with Crippen LogP contribution in [0.3, 0.4) is 0 Å². The number of amides is 1. The van der Waals surface area contributed by atoms with Crippen LogP contribution in [0.2, 0.25) is 0 Å². The van der Waals surface area contributed by atoms with E-state index in [1.807, 2.05) is 13.8 Å². The number of nitrogens with zero attached hydrogens (tertiary/aromatic N) is 2. The molecule has 1 aliphatic carbocycles. The molecule has 1 aromatic heterocycles. The first-order valence-corrected chi connectivity index (χ1v) is 6.81. The number of carbonyl (C=O) groups is 1. The topological polar surface area (TPSA) is 68.5 Å². The van der Waals surface area contributed by atoms with Gasteiger partial charge in [0.1, 0.15) is 17.5 Å². The van der Waals surface area contributed by atoms with Crippen molar-refractivity contribution >= 4 is 5.91 Å². The van der Waals surface area contributed by atoms with Crippen molar-refractivity contribution in [2.24, 2.45) is 5.73 Å². The molecule has 1 fully saturated rings. The Balaban J connectivity index is 2.04. The molecule has 1 amide bonds. The van der Waals surface area contributed by atoms with Gasteiger partial charge in [0.25, 0.3) is 5.91 Å². The molecule has 104 valence electrons. The van der Waals surface area contributed by atoms with Crippen molar-refractivity contribution in [2.75, 3.05) is 13.1 Å². The monoisotopic (exact) mass is 263 g/mol. The zero-order valence-corrected chi connectivity index (χ0v) is 11.5. The summed E-state index contributed by atoms with van der Waals surface area (Å²) in [5.41, 5.74) is 6.16.